The van der Waals surface area contributed by atoms with E-state index in [9.17, 15) is 9.59 Å². The van der Waals surface area contributed by atoms with Gasteiger partial charge in [0.15, 0.2) is 0 Å². The SMILES string of the molecule is CC(C)[C@H](CCO)NC(=O)Nc1ccccc1CC(=O)N(C)C. The third-order valence-electron chi connectivity index (χ3n) is 3.67. The molecule has 23 heavy (non-hydrogen) atoms. The minimum atomic E-state index is -0.332. The van der Waals surface area contributed by atoms with Crippen molar-refractivity contribution in [1.29, 1.82) is 0 Å². The van der Waals surface area contributed by atoms with Gasteiger partial charge >= 0.3 is 6.03 Å². The summed E-state index contributed by atoms with van der Waals surface area (Å²) in [4.78, 5) is 25.6. The molecular weight excluding hydrogens is 294 g/mol. The van der Waals surface area contributed by atoms with Crippen molar-refractivity contribution >= 4 is 17.6 Å². The molecular formula is C17H27N3O3. The van der Waals surface area contributed by atoms with Crippen LogP contribution in [-0.4, -0.2) is 48.7 Å². The fourth-order valence-electron chi connectivity index (χ4n) is 2.16. The number of aliphatic hydroxyl groups excluding tert-OH is 1. The Balaban J connectivity index is 2.76. The van der Waals surface area contributed by atoms with E-state index in [-0.39, 0.29) is 36.9 Å². The Labute approximate surface area is 137 Å². The lowest BCUT2D eigenvalue weighted by molar-refractivity contribution is -0.127. The molecule has 1 atom stereocenters. The number of hydrogen-bond donors (Lipinski definition) is 3. The summed E-state index contributed by atoms with van der Waals surface area (Å²) in [6.07, 6.45) is 0.736. The smallest absolute Gasteiger partial charge is 0.319 e. The van der Waals surface area contributed by atoms with Gasteiger partial charge in [-0.2, -0.15) is 0 Å². The topological polar surface area (TPSA) is 81.7 Å². The number of urea groups is 1. The maximum absolute atomic E-state index is 12.2. The molecule has 0 saturated heterocycles. The molecule has 0 unspecified atom stereocenters. The molecule has 0 aliphatic carbocycles. The molecule has 6 heteroatoms. The number of benzene rings is 1. The molecule has 0 radical (unpaired) electrons. The molecule has 0 heterocycles. The lowest BCUT2D eigenvalue weighted by Crippen LogP contribution is -2.41. The van der Waals surface area contributed by atoms with E-state index in [0.29, 0.717) is 12.1 Å². The van der Waals surface area contributed by atoms with Crippen LogP contribution in [0.15, 0.2) is 24.3 Å². The summed E-state index contributed by atoms with van der Waals surface area (Å²) in [5.41, 5.74) is 1.39. The van der Waals surface area contributed by atoms with Crippen molar-refractivity contribution in [2.24, 2.45) is 5.92 Å². The zero-order valence-electron chi connectivity index (χ0n) is 14.3. The number of nitrogens with zero attached hydrogens (tertiary/aromatic N) is 1. The van der Waals surface area contributed by atoms with E-state index in [4.69, 9.17) is 5.11 Å². The van der Waals surface area contributed by atoms with Crippen LogP contribution in [0.2, 0.25) is 0 Å². The third-order valence-corrected chi connectivity index (χ3v) is 3.67. The highest BCUT2D eigenvalue weighted by Gasteiger charge is 2.17. The van der Waals surface area contributed by atoms with Crippen molar-refractivity contribution < 1.29 is 14.7 Å². The Morgan fingerprint density at radius 1 is 1.22 bits per heavy atom. The second kappa shape index (κ2) is 9.15. The zero-order valence-corrected chi connectivity index (χ0v) is 14.3. The highest BCUT2D eigenvalue weighted by molar-refractivity contribution is 5.91. The van der Waals surface area contributed by atoms with Crippen LogP contribution in [0.1, 0.15) is 25.8 Å². The summed E-state index contributed by atoms with van der Waals surface area (Å²) in [5, 5.41) is 14.7. The predicted molar refractivity (Wildman–Crippen MR) is 91.3 cm³/mol. The molecule has 3 amide bonds. The van der Waals surface area contributed by atoms with Gasteiger partial charge in [0.1, 0.15) is 0 Å². The van der Waals surface area contributed by atoms with Crippen molar-refractivity contribution in [2.75, 3.05) is 26.0 Å². The van der Waals surface area contributed by atoms with Crippen molar-refractivity contribution in [3.63, 3.8) is 0 Å². The van der Waals surface area contributed by atoms with Crippen LogP contribution in [-0.2, 0) is 11.2 Å². The Morgan fingerprint density at radius 3 is 2.43 bits per heavy atom. The molecule has 0 saturated carbocycles. The van der Waals surface area contributed by atoms with Crippen LogP contribution < -0.4 is 10.6 Å². The average molecular weight is 321 g/mol. The number of likely N-dealkylation sites (N-methyl/N-ethyl adjacent to an activating group) is 1. The molecule has 6 nitrogen and oxygen atoms in total. The fourth-order valence-corrected chi connectivity index (χ4v) is 2.16. The first-order valence-corrected chi connectivity index (χ1v) is 7.81. The van der Waals surface area contributed by atoms with Gasteiger partial charge in [-0.05, 0) is 24.0 Å². The van der Waals surface area contributed by atoms with Gasteiger partial charge in [0.2, 0.25) is 5.91 Å². The Morgan fingerprint density at radius 2 is 1.87 bits per heavy atom. The second-order valence-electron chi connectivity index (χ2n) is 6.08. The number of carbonyl (C=O) groups excluding carboxylic acids is 2. The minimum absolute atomic E-state index is 0.0249. The second-order valence-corrected chi connectivity index (χ2v) is 6.08. The van der Waals surface area contributed by atoms with E-state index in [1.165, 1.54) is 4.90 Å². The van der Waals surface area contributed by atoms with E-state index in [1.807, 2.05) is 32.0 Å². The van der Waals surface area contributed by atoms with Crippen LogP contribution >= 0.6 is 0 Å². The van der Waals surface area contributed by atoms with E-state index >= 15 is 0 Å². The number of para-hydroxylation sites is 1. The monoisotopic (exact) mass is 321 g/mol. The van der Waals surface area contributed by atoms with Crippen LogP contribution in [0.3, 0.4) is 0 Å². The molecule has 3 N–H and O–H groups in total. The van der Waals surface area contributed by atoms with E-state index in [2.05, 4.69) is 10.6 Å². The maximum atomic E-state index is 12.2. The van der Waals surface area contributed by atoms with Crippen molar-refractivity contribution in [3.8, 4) is 0 Å². The van der Waals surface area contributed by atoms with Gasteiger partial charge in [-0.3, -0.25) is 4.79 Å². The van der Waals surface area contributed by atoms with Gasteiger partial charge in [0.05, 0.1) is 6.42 Å². The standard InChI is InChI=1S/C17H27N3O3/c1-12(2)14(9-10-21)18-17(23)19-15-8-6-5-7-13(15)11-16(22)20(3)4/h5-8,12,14,21H,9-11H2,1-4H3,(H2,18,19,23)/t14-/m0/s1. The first kappa shape index (κ1) is 19.0. The highest BCUT2D eigenvalue weighted by atomic mass is 16.3. The quantitative estimate of drug-likeness (QED) is 0.717. The third kappa shape index (κ3) is 6.28. The Hall–Kier alpha value is -2.08. The number of anilines is 1. The van der Waals surface area contributed by atoms with Crippen LogP contribution in [0, 0.1) is 5.92 Å². The number of nitrogens with one attached hydrogen (secondary N) is 2. The van der Waals surface area contributed by atoms with Crippen LogP contribution in [0.5, 0.6) is 0 Å². The molecule has 0 aliphatic rings. The lowest BCUT2D eigenvalue weighted by Gasteiger charge is -2.22. The normalized spacial score (nSPS) is 11.9. The first-order chi connectivity index (χ1) is 10.8. The van der Waals surface area contributed by atoms with Crippen molar-refractivity contribution in [3.05, 3.63) is 29.8 Å². The van der Waals surface area contributed by atoms with Gasteiger partial charge in [-0.15, -0.1) is 0 Å². The number of aliphatic hydroxyl groups is 1. The van der Waals surface area contributed by atoms with Gasteiger partial charge in [0.25, 0.3) is 0 Å². The predicted octanol–water partition coefficient (Wildman–Crippen LogP) is 1.85. The summed E-state index contributed by atoms with van der Waals surface area (Å²) >= 11 is 0. The molecule has 1 aromatic carbocycles. The van der Waals surface area contributed by atoms with Crippen molar-refractivity contribution in [1.82, 2.24) is 10.2 Å². The molecule has 1 aromatic rings. The number of carbonyl (C=O) groups is 2. The molecule has 0 spiro atoms. The summed E-state index contributed by atoms with van der Waals surface area (Å²) < 4.78 is 0. The summed E-state index contributed by atoms with van der Waals surface area (Å²) in [6.45, 7) is 4.01. The molecule has 1 rings (SSSR count). The molecule has 0 aliphatic heterocycles. The highest BCUT2D eigenvalue weighted by Crippen LogP contribution is 2.16. The lowest BCUT2D eigenvalue weighted by atomic mass is 10.0. The maximum Gasteiger partial charge on any atom is 0.319 e. The summed E-state index contributed by atoms with van der Waals surface area (Å²) in [7, 11) is 3.40. The molecule has 128 valence electrons. The molecule has 0 aromatic heterocycles. The van der Waals surface area contributed by atoms with Crippen LogP contribution in [0.4, 0.5) is 10.5 Å². The van der Waals surface area contributed by atoms with Crippen molar-refractivity contribution in [2.45, 2.75) is 32.7 Å². The van der Waals surface area contributed by atoms with E-state index < -0.39 is 0 Å². The summed E-state index contributed by atoms with van der Waals surface area (Å²) in [6, 6.07) is 6.81. The van der Waals surface area contributed by atoms with Gasteiger partial charge < -0.3 is 20.6 Å². The average Bonchev–Trinajstić information content (AvgIpc) is 2.48. The van der Waals surface area contributed by atoms with Gasteiger partial charge in [-0.1, -0.05) is 32.0 Å². The van der Waals surface area contributed by atoms with E-state index in [1.54, 1.807) is 20.2 Å². The number of hydrogen-bond acceptors (Lipinski definition) is 3. The Kier molecular flexibility index (Phi) is 7.54. The zero-order chi connectivity index (χ0) is 17.4. The fraction of sp³-hybridized carbons (Fsp3) is 0.529. The largest absolute Gasteiger partial charge is 0.396 e. The summed E-state index contributed by atoms with van der Waals surface area (Å²) in [5.74, 6) is 0.193. The number of amides is 3. The number of rotatable bonds is 7. The minimum Gasteiger partial charge on any atom is -0.396 e. The molecule has 0 bridgehead atoms. The first-order valence-electron chi connectivity index (χ1n) is 7.81. The Bertz CT molecular complexity index is 530. The van der Waals surface area contributed by atoms with E-state index in [0.717, 1.165) is 5.56 Å². The molecule has 0 fully saturated rings. The van der Waals surface area contributed by atoms with Crippen LogP contribution in [0.25, 0.3) is 0 Å². The van der Waals surface area contributed by atoms with Gasteiger partial charge in [0, 0.05) is 32.4 Å². The van der Waals surface area contributed by atoms with Gasteiger partial charge in [-0.25, -0.2) is 4.79 Å².